The highest BCUT2D eigenvalue weighted by molar-refractivity contribution is 5.77. The Morgan fingerprint density at radius 1 is 1.26 bits per heavy atom. The topological polar surface area (TPSA) is 58.6 Å². The number of carbonyl (C=O) groups is 1. The van der Waals surface area contributed by atoms with Crippen LogP contribution in [0.1, 0.15) is 17.2 Å². The molecule has 2 rings (SSSR count). The zero-order chi connectivity index (χ0) is 16.8. The summed E-state index contributed by atoms with van der Waals surface area (Å²) in [7, 11) is 0. The zero-order valence-corrected chi connectivity index (χ0v) is 12.6. The number of hydrogen-bond donors (Lipinski definition) is 2. The Morgan fingerprint density at radius 2 is 2.00 bits per heavy atom. The van der Waals surface area contributed by atoms with E-state index in [0.717, 1.165) is 23.3 Å². The molecular weight excluding hydrogens is 304 g/mol. The van der Waals surface area contributed by atoms with Crippen LogP contribution in [-0.4, -0.2) is 24.2 Å². The number of carbonyl (C=O) groups excluding carboxylic acids is 1. The summed E-state index contributed by atoms with van der Waals surface area (Å²) in [4.78, 5) is 11.7. The van der Waals surface area contributed by atoms with Gasteiger partial charge >= 0.3 is 0 Å². The second-order valence-electron chi connectivity index (χ2n) is 5.04. The van der Waals surface area contributed by atoms with Crippen LogP contribution in [0.2, 0.25) is 0 Å². The average Bonchev–Trinajstić information content (AvgIpc) is 2.52. The monoisotopic (exact) mass is 321 g/mol. The highest BCUT2D eigenvalue weighted by Gasteiger charge is 2.12. The Bertz CT molecular complexity index is 691. The third-order valence-electron chi connectivity index (χ3n) is 3.29. The molecule has 0 aliphatic rings. The molecule has 0 fully saturated rings. The van der Waals surface area contributed by atoms with Gasteiger partial charge in [-0.3, -0.25) is 4.79 Å². The molecule has 0 aromatic heterocycles. The van der Waals surface area contributed by atoms with E-state index in [2.05, 4.69) is 5.32 Å². The van der Waals surface area contributed by atoms with E-state index < -0.39 is 30.3 Å². The van der Waals surface area contributed by atoms with E-state index in [1.54, 1.807) is 12.1 Å². The minimum Gasteiger partial charge on any atom is -0.481 e. The minimum atomic E-state index is -0.877. The summed E-state index contributed by atoms with van der Waals surface area (Å²) in [6.07, 6.45) is -0.845. The molecule has 2 aromatic carbocycles. The molecule has 0 bridgehead atoms. The van der Waals surface area contributed by atoms with Gasteiger partial charge in [0, 0.05) is 12.6 Å². The van der Waals surface area contributed by atoms with Gasteiger partial charge in [-0.25, -0.2) is 8.78 Å². The van der Waals surface area contributed by atoms with Crippen LogP contribution in [0.4, 0.5) is 8.78 Å². The van der Waals surface area contributed by atoms with Crippen molar-refractivity contribution >= 4 is 5.91 Å². The van der Waals surface area contributed by atoms with E-state index in [1.165, 1.54) is 0 Å². The second kappa shape index (κ2) is 7.69. The average molecular weight is 321 g/mol. The molecule has 4 nitrogen and oxygen atoms in total. The summed E-state index contributed by atoms with van der Waals surface area (Å²) in [6, 6.07) is 10.1. The van der Waals surface area contributed by atoms with Crippen molar-refractivity contribution in [1.29, 1.82) is 0 Å². The van der Waals surface area contributed by atoms with Gasteiger partial charge in [0.05, 0.1) is 6.10 Å². The number of benzene rings is 2. The maximum atomic E-state index is 13.3. The number of nitrogens with one attached hydrogen (secondary N) is 1. The molecule has 0 aliphatic heterocycles. The fraction of sp³-hybridized carbons (Fsp3) is 0.235. The van der Waals surface area contributed by atoms with Gasteiger partial charge < -0.3 is 15.2 Å². The van der Waals surface area contributed by atoms with Crippen molar-refractivity contribution in [2.24, 2.45) is 0 Å². The van der Waals surface area contributed by atoms with Crippen LogP contribution in [0.5, 0.6) is 5.75 Å². The molecule has 6 heteroatoms. The Labute approximate surface area is 132 Å². The first-order valence-electron chi connectivity index (χ1n) is 7.05. The van der Waals surface area contributed by atoms with E-state index >= 15 is 0 Å². The van der Waals surface area contributed by atoms with Gasteiger partial charge in [0.25, 0.3) is 5.91 Å². The van der Waals surface area contributed by atoms with Crippen molar-refractivity contribution in [3.05, 3.63) is 65.2 Å². The van der Waals surface area contributed by atoms with Crippen LogP contribution in [0.25, 0.3) is 0 Å². The van der Waals surface area contributed by atoms with Gasteiger partial charge in [0.15, 0.2) is 18.2 Å². The largest absolute Gasteiger partial charge is 0.481 e. The molecule has 1 unspecified atom stereocenters. The van der Waals surface area contributed by atoms with Crippen molar-refractivity contribution in [2.45, 2.75) is 13.0 Å². The molecule has 2 N–H and O–H groups in total. The summed E-state index contributed by atoms with van der Waals surface area (Å²) in [6.45, 7) is 1.45. The van der Waals surface area contributed by atoms with Crippen molar-refractivity contribution in [3.8, 4) is 5.75 Å². The molecule has 0 saturated carbocycles. The highest BCUT2D eigenvalue weighted by Crippen LogP contribution is 2.18. The van der Waals surface area contributed by atoms with Gasteiger partial charge in [-0.1, -0.05) is 24.3 Å². The minimum absolute atomic E-state index is 0.0128. The first-order valence-corrected chi connectivity index (χ1v) is 7.05. The number of hydrogen-bond acceptors (Lipinski definition) is 3. The summed E-state index contributed by atoms with van der Waals surface area (Å²) >= 11 is 0. The molecule has 0 spiro atoms. The number of ether oxygens (including phenoxy) is 1. The van der Waals surface area contributed by atoms with Crippen LogP contribution >= 0.6 is 0 Å². The Morgan fingerprint density at radius 3 is 2.70 bits per heavy atom. The fourth-order valence-corrected chi connectivity index (χ4v) is 2.07. The third kappa shape index (κ3) is 4.75. The molecule has 0 aliphatic carbocycles. The molecule has 1 atom stereocenters. The smallest absolute Gasteiger partial charge is 0.258 e. The van der Waals surface area contributed by atoms with E-state index in [9.17, 15) is 18.7 Å². The second-order valence-corrected chi connectivity index (χ2v) is 5.04. The molecule has 0 heterocycles. The summed E-state index contributed by atoms with van der Waals surface area (Å²) in [5, 5.41) is 12.6. The number of rotatable bonds is 6. The molecule has 122 valence electrons. The van der Waals surface area contributed by atoms with Crippen molar-refractivity contribution in [2.75, 3.05) is 13.2 Å². The van der Waals surface area contributed by atoms with Crippen LogP contribution in [0.15, 0.2) is 42.5 Å². The maximum absolute atomic E-state index is 13.3. The van der Waals surface area contributed by atoms with Crippen LogP contribution in [0, 0.1) is 18.6 Å². The van der Waals surface area contributed by atoms with Crippen molar-refractivity contribution in [1.82, 2.24) is 5.32 Å². The number of aryl methyl sites for hydroxylation is 1. The Balaban J connectivity index is 1.82. The normalized spacial score (nSPS) is 11.8. The van der Waals surface area contributed by atoms with E-state index in [0.29, 0.717) is 6.07 Å². The van der Waals surface area contributed by atoms with Gasteiger partial charge in [-0.05, 0) is 30.2 Å². The lowest BCUT2D eigenvalue weighted by Gasteiger charge is -2.14. The Hall–Kier alpha value is -2.47. The number of halogens is 2. The number of aliphatic hydroxyl groups is 1. The van der Waals surface area contributed by atoms with E-state index in [1.807, 2.05) is 19.1 Å². The molecule has 0 saturated heterocycles. The van der Waals surface area contributed by atoms with Crippen LogP contribution in [-0.2, 0) is 4.79 Å². The number of aliphatic hydroxyl groups excluding tert-OH is 1. The van der Waals surface area contributed by atoms with Gasteiger partial charge in [0.2, 0.25) is 0 Å². The van der Waals surface area contributed by atoms with Gasteiger partial charge in [-0.15, -0.1) is 0 Å². The van der Waals surface area contributed by atoms with Gasteiger partial charge in [0.1, 0.15) is 5.82 Å². The lowest BCUT2D eigenvalue weighted by Crippen LogP contribution is -2.32. The lowest BCUT2D eigenvalue weighted by atomic mass is 10.0. The fourth-order valence-electron chi connectivity index (χ4n) is 2.07. The first kappa shape index (κ1) is 16.9. The summed E-state index contributed by atoms with van der Waals surface area (Å²) in [5.74, 6) is -2.32. The highest BCUT2D eigenvalue weighted by atomic mass is 19.1. The summed E-state index contributed by atoms with van der Waals surface area (Å²) in [5.41, 5.74) is 1.64. The molecule has 23 heavy (non-hydrogen) atoms. The molecule has 1 amide bonds. The van der Waals surface area contributed by atoms with Crippen molar-refractivity contribution in [3.63, 3.8) is 0 Å². The quantitative estimate of drug-likeness (QED) is 0.859. The van der Waals surface area contributed by atoms with Gasteiger partial charge in [-0.2, -0.15) is 0 Å². The molecule has 2 aromatic rings. The van der Waals surface area contributed by atoms with Crippen LogP contribution < -0.4 is 10.1 Å². The lowest BCUT2D eigenvalue weighted by molar-refractivity contribution is -0.123. The first-order chi connectivity index (χ1) is 11.0. The maximum Gasteiger partial charge on any atom is 0.258 e. The summed E-state index contributed by atoms with van der Waals surface area (Å²) < 4.78 is 31.1. The Kier molecular flexibility index (Phi) is 5.65. The van der Waals surface area contributed by atoms with E-state index in [-0.39, 0.29) is 12.3 Å². The van der Waals surface area contributed by atoms with Crippen LogP contribution in [0.3, 0.4) is 0 Å². The predicted octanol–water partition coefficient (Wildman–Crippen LogP) is 2.50. The molecular formula is C17H17F2NO3. The third-order valence-corrected chi connectivity index (χ3v) is 3.29. The number of amides is 1. The van der Waals surface area contributed by atoms with Crippen molar-refractivity contribution < 1.29 is 23.4 Å². The molecule has 0 radical (unpaired) electrons. The zero-order valence-electron chi connectivity index (χ0n) is 12.6. The van der Waals surface area contributed by atoms with E-state index in [4.69, 9.17) is 4.74 Å². The standard InChI is InChI=1S/C17H17F2NO3/c1-11-4-2-3-5-13(11)15(21)9-20-17(22)10-23-16-7-6-12(18)8-14(16)19/h2-8,15,21H,9-10H2,1H3,(H,20,22). The predicted molar refractivity (Wildman–Crippen MR) is 81.0 cm³/mol. The SMILES string of the molecule is Cc1ccccc1C(O)CNC(=O)COc1ccc(F)cc1F.